The summed E-state index contributed by atoms with van der Waals surface area (Å²) in [6.45, 7) is 11.2. The lowest BCUT2D eigenvalue weighted by molar-refractivity contribution is 0.184. The van der Waals surface area contributed by atoms with Gasteiger partial charge >= 0.3 is 0 Å². The minimum absolute atomic E-state index is 0.172. The third kappa shape index (κ3) is 2.60. The maximum Gasteiger partial charge on any atom is 0.192 e. The minimum Gasteiger partial charge on any atom is -0.491 e. The first-order valence-corrected chi connectivity index (χ1v) is 7.21. The zero-order chi connectivity index (χ0) is 14.9. The quantitative estimate of drug-likeness (QED) is 0.919. The molecule has 0 bridgehead atoms. The maximum atomic E-state index is 6.04. The Morgan fingerprint density at radius 3 is 2.30 bits per heavy atom. The number of ether oxygens (including phenoxy) is 1. The van der Waals surface area contributed by atoms with E-state index in [1.54, 1.807) is 0 Å². The van der Waals surface area contributed by atoms with E-state index in [2.05, 4.69) is 42.8 Å². The number of hydrogen-bond donors (Lipinski definition) is 1. The molecule has 1 heterocycles. The van der Waals surface area contributed by atoms with Gasteiger partial charge in [-0.2, -0.15) is 0 Å². The fourth-order valence-electron chi connectivity index (χ4n) is 2.87. The lowest BCUT2D eigenvalue weighted by Gasteiger charge is -2.39. The van der Waals surface area contributed by atoms with E-state index in [-0.39, 0.29) is 11.6 Å². The molecular weight excluding hydrogens is 250 g/mol. The molecule has 2 N–H and O–H groups in total. The molecule has 0 aromatic heterocycles. The fourth-order valence-corrected chi connectivity index (χ4v) is 2.87. The van der Waals surface area contributed by atoms with Crippen molar-refractivity contribution < 1.29 is 4.74 Å². The van der Waals surface area contributed by atoms with Crippen molar-refractivity contribution in [3.05, 3.63) is 29.8 Å². The number of nitrogens with two attached hydrogens (primary N) is 1. The van der Waals surface area contributed by atoms with Gasteiger partial charge in [-0.15, -0.1) is 0 Å². The summed E-state index contributed by atoms with van der Waals surface area (Å²) in [5, 5.41) is 0. The highest BCUT2D eigenvalue weighted by Gasteiger charge is 2.40. The van der Waals surface area contributed by atoms with Crippen LogP contribution in [-0.2, 0) is 5.54 Å². The molecule has 1 aromatic rings. The normalized spacial score (nSPS) is 22.6. The van der Waals surface area contributed by atoms with Gasteiger partial charge in [0.2, 0.25) is 0 Å². The standard InChI is InChI=1S/C16H25N3O/c1-11(2)19-15(17)18-10-16(19,5)13-6-8-14(9-7-13)20-12(3)4/h6-9,11-12H,10H2,1-5H3,(H2,17,18). The molecule has 1 aliphatic heterocycles. The minimum atomic E-state index is -0.172. The van der Waals surface area contributed by atoms with Crippen molar-refractivity contribution in [2.45, 2.75) is 52.3 Å². The largest absolute Gasteiger partial charge is 0.491 e. The van der Waals surface area contributed by atoms with E-state index < -0.39 is 0 Å². The molecule has 20 heavy (non-hydrogen) atoms. The molecule has 0 amide bonds. The summed E-state index contributed by atoms with van der Waals surface area (Å²) in [6.07, 6.45) is 0.189. The Morgan fingerprint density at radius 1 is 1.20 bits per heavy atom. The third-order valence-corrected chi connectivity index (χ3v) is 3.69. The lowest BCUT2D eigenvalue weighted by atomic mass is 9.90. The van der Waals surface area contributed by atoms with Crippen LogP contribution in [0.25, 0.3) is 0 Å². The molecular formula is C16H25N3O. The molecule has 110 valence electrons. The zero-order valence-electron chi connectivity index (χ0n) is 13.1. The van der Waals surface area contributed by atoms with Gasteiger partial charge in [0.15, 0.2) is 5.96 Å². The highest BCUT2D eigenvalue weighted by molar-refractivity contribution is 5.81. The van der Waals surface area contributed by atoms with E-state index in [0.29, 0.717) is 18.5 Å². The SMILES string of the molecule is CC(C)Oc1ccc(C2(C)CN=C(N)N2C(C)C)cc1. The summed E-state index contributed by atoms with van der Waals surface area (Å²) in [5.41, 5.74) is 7.08. The first-order chi connectivity index (χ1) is 9.34. The van der Waals surface area contributed by atoms with Gasteiger partial charge in [-0.3, -0.25) is 4.99 Å². The van der Waals surface area contributed by atoms with Gasteiger partial charge in [-0.1, -0.05) is 12.1 Å². The summed E-state index contributed by atoms with van der Waals surface area (Å²) in [6, 6.07) is 8.58. The Balaban J connectivity index is 2.26. The molecule has 0 aliphatic carbocycles. The molecule has 1 aromatic carbocycles. The Bertz CT molecular complexity index is 493. The van der Waals surface area contributed by atoms with Crippen molar-refractivity contribution in [1.29, 1.82) is 0 Å². The van der Waals surface area contributed by atoms with E-state index in [1.807, 2.05) is 26.0 Å². The van der Waals surface area contributed by atoms with Crippen LogP contribution in [0.2, 0.25) is 0 Å². The summed E-state index contributed by atoms with van der Waals surface area (Å²) in [4.78, 5) is 6.61. The first kappa shape index (κ1) is 14.7. The number of aliphatic imine (C=N–C) groups is 1. The molecule has 0 saturated carbocycles. The number of benzene rings is 1. The molecule has 0 saturated heterocycles. The third-order valence-electron chi connectivity index (χ3n) is 3.69. The van der Waals surface area contributed by atoms with Crippen LogP contribution >= 0.6 is 0 Å². The predicted molar refractivity (Wildman–Crippen MR) is 83.0 cm³/mol. The van der Waals surface area contributed by atoms with Crippen molar-refractivity contribution >= 4 is 5.96 Å². The lowest BCUT2D eigenvalue weighted by Crippen LogP contribution is -2.50. The zero-order valence-corrected chi connectivity index (χ0v) is 13.1. The monoisotopic (exact) mass is 275 g/mol. The Hall–Kier alpha value is -1.71. The Labute approximate surface area is 121 Å². The number of nitrogens with zero attached hydrogens (tertiary/aromatic N) is 2. The number of rotatable bonds is 4. The van der Waals surface area contributed by atoms with Crippen LogP contribution in [0.15, 0.2) is 29.3 Å². The molecule has 4 heteroatoms. The van der Waals surface area contributed by atoms with E-state index in [1.165, 1.54) is 5.56 Å². The van der Waals surface area contributed by atoms with Crippen LogP contribution in [0.5, 0.6) is 5.75 Å². The van der Waals surface area contributed by atoms with Crippen LogP contribution < -0.4 is 10.5 Å². The van der Waals surface area contributed by atoms with Crippen molar-refractivity contribution in [2.24, 2.45) is 10.7 Å². The second-order valence-electron chi connectivity index (χ2n) is 6.10. The number of hydrogen-bond acceptors (Lipinski definition) is 4. The van der Waals surface area contributed by atoms with Gasteiger partial charge < -0.3 is 15.4 Å². The Morgan fingerprint density at radius 2 is 1.80 bits per heavy atom. The average Bonchev–Trinajstić information content (AvgIpc) is 2.66. The smallest absolute Gasteiger partial charge is 0.192 e. The van der Waals surface area contributed by atoms with E-state index >= 15 is 0 Å². The topological polar surface area (TPSA) is 50.9 Å². The predicted octanol–water partition coefficient (Wildman–Crippen LogP) is 2.73. The van der Waals surface area contributed by atoms with Crippen LogP contribution in [0.1, 0.15) is 40.2 Å². The van der Waals surface area contributed by atoms with Crippen molar-refractivity contribution in [2.75, 3.05) is 6.54 Å². The van der Waals surface area contributed by atoms with Gasteiger partial charge in [0, 0.05) is 6.04 Å². The number of guanidine groups is 1. The van der Waals surface area contributed by atoms with Crippen LogP contribution in [-0.4, -0.2) is 29.6 Å². The van der Waals surface area contributed by atoms with Gasteiger partial charge in [0.05, 0.1) is 18.2 Å². The van der Waals surface area contributed by atoms with Crippen molar-refractivity contribution in [3.63, 3.8) is 0 Å². The second-order valence-corrected chi connectivity index (χ2v) is 6.10. The highest BCUT2D eigenvalue weighted by Crippen LogP contribution is 2.35. The van der Waals surface area contributed by atoms with Gasteiger partial charge in [-0.25, -0.2) is 0 Å². The molecule has 1 unspecified atom stereocenters. The van der Waals surface area contributed by atoms with Crippen LogP contribution in [0.4, 0.5) is 0 Å². The van der Waals surface area contributed by atoms with Crippen molar-refractivity contribution in [1.82, 2.24) is 4.90 Å². The molecule has 1 aliphatic rings. The summed E-state index contributed by atoms with van der Waals surface area (Å²) < 4.78 is 5.69. The molecule has 2 rings (SSSR count). The summed E-state index contributed by atoms with van der Waals surface area (Å²) in [5.74, 6) is 1.53. The molecule has 0 spiro atoms. The summed E-state index contributed by atoms with van der Waals surface area (Å²) in [7, 11) is 0. The average molecular weight is 275 g/mol. The molecule has 4 nitrogen and oxygen atoms in total. The van der Waals surface area contributed by atoms with Crippen LogP contribution in [0.3, 0.4) is 0 Å². The van der Waals surface area contributed by atoms with Crippen molar-refractivity contribution in [3.8, 4) is 5.75 Å². The highest BCUT2D eigenvalue weighted by atomic mass is 16.5. The first-order valence-electron chi connectivity index (χ1n) is 7.21. The van der Waals surface area contributed by atoms with E-state index in [4.69, 9.17) is 10.5 Å². The van der Waals surface area contributed by atoms with Gasteiger partial charge in [0.1, 0.15) is 5.75 Å². The van der Waals surface area contributed by atoms with E-state index in [0.717, 1.165) is 5.75 Å². The summed E-state index contributed by atoms with van der Waals surface area (Å²) >= 11 is 0. The molecule has 0 radical (unpaired) electrons. The van der Waals surface area contributed by atoms with Gasteiger partial charge in [-0.05, 0) is 52.3 Å². The second kappa shape index (κ2) is 5.35. The van der Waals surface area contributed by atoms with Crippen LogP contribution in [0, 0.1) is 0 Å². The maximum absolute atomic E-state index is 6.04. The molecule has 0 fully saturated rings. The fraction of sp³-hybridized carbons (Fsp3) is 0.562. The van der Waals surface area contributed by atoms with E-state index in [9.17, 15) is 0 Å². The Kier molecular flexibility index (Phi) is 3.93. The van der Waals surface area contributed by atoms with Gasteiger partial charge in [0.25, 0.3) is 0 Å². The molecule has 1 atom stereocenters.